The van der Waals surface area contributed by atoms with Crippen molar-refractivity contribution in [2.75, 3.05) is 26.2 Å². The van der Waals surface area contributed by atoms with Crippen LogP contribution in [0, 0.1) is 11.3 Å². The van der Waals surface area contributed by atoms with Crippen molar-refractivity contribution in [2.24, 2.45) is 0 Å². The molecule has 0 heterocycles. The van der Waals surface area contributed by atoms with E-state index in [4.69, 9.17) is 5.26 Å². The number of hydrogen-bond acceptors (Lipinski definition) is 1. The van der Waals surface area contributed by atoms with E-state index in [2.05, 4.69) is 26.8 Å². The van der Waals surface area contributed by atoms with Crippen LogP contribution in [0.15, 0.2) is 0 Å². The van der Waals surface area contributed by atoms with Crippen LogP contribution in [0.3, 0.4) is 0 Å². The van der Waals surface area contributed by atoms with Crippen LogP contribution in [0.2, 0.25) is 0 Å². The first kappa shape index (κ1) is 11.4. The Balaban J connectivity index is 3.86. The van der Waals surface area contributed by atoms with Crippen LogP contribution in [0.25, 0.3) is 0 Å². The minimum atomic E-state index is 0.708. The number of unbranched alkanes of at least 4 members (excludes halogenated alkanes) is 1. The standard InChI is InChI=1S/C10H21N2/c1-4-12(5-2,6-3)10-8-7-9-11/h4-8,10H2,1-3H3/q+1. The monoisotopic (exact) mass is 169 g/mol. The highest BCUT2D eigenvalue weighted by Gasteiger charge is 2.19. The molecule has 0 aliphatic carbocycles. The van der Waals surface area contributed by atoms with Gasteiger partial charge in [-0.25, -0.2) is 0 Å². The van der Waals surface area contributed by atoms with E-state index in [1.165, 1.54) is 24.1 Å². The summed E-state index contributed by atoms with van der Waals surface area (Å²) in [5, 5.41) is 8.42. The van der Waals surface area contributed by atoms with Crippen molar-refractivity contribution in [1.82, 2.24) is 0 Å². The van der Waals surface area contributed by atoms with Crippen LogP contribution in [0.4, 0.5) is 0 Å². The zero-order valence-electron chi connectivity index (χ0n) is 8.64. The average molecular weight is 169 g/mol. The van der Waals surface area contributed by atoms with Crippen molar-refractivity contribution in [3.05, 3.63) is 0 Å². The Morgan fingerprint density at radius 3 is 1.92 bits per heavy atom. The summed E-state index contributed by atoms with van der Waals surface area (Å²) in [7, 11) is 0. The van der Waals surface area contributed by atoms with Crippen molar-refractivity contribution >= 4 is 0 Å². The predicted octanol–water partition coefficient (Wildman–Crippen LogP) is 2.17. The molecule has 0 N–H and O–H groups in total. The van der Waals surface area contributed by atoms with Gasteiger partial charge in [0, 0.05) is 12.8 Å². The highest BCUT2D eigenvalue weighted by Crippen LogP contribution is 2.07. The van der Waals surface area contributed by atoms with Crippen LogP contribution >= 0.6 is 0 Å². The molecule has 12 heavy (non-hydrogen) atoms. The molecule has 0 aliphatic heterocycles. The molecule has 0 rings (SSSR count). The average Bonchev–Trinajstić information content (AvgIpc) is 2.14. The lowest BCUT2D eigenvalue weighted by atomic mass is 10.2. The molecule has 0 amide bonds. The first-order valence-electron chi connectivity index (χ1n) is 4.96. The summed E-state index contributed by atoms with van der Waals surface area (Å²) in [6, 6.07) is 2.20. The SMILES string of the molecule is CC[N+](CC)(CC)CCCC#N. The van der Waals surface area contributed by atoms with Crippen molar-refractivity contribution in [1.29, 1.82) is 5.26 Å². The second-order valence-electron chi connectivity index (χ2n) is 3.28. The molecule has 0 bridgehead atoms. The van der Waals surface area contributed by atoms with Gasteiger partial charge in [0.1, 0.15) is 0 Å². The molecule has 0 radical (unpaired) electrons. The molecule has 0 saturated carbocycles. The Labute approximate surface area is 76.4 Å². The molecule has 0 atom stereocenters. The third-order valence-corrected chi connectivity index (χ3v) is 2.93. The molecule has 0 aromatic carbocycles. The minimum absolute atomic E-state index is 0.708. The van der Waals surface area contributed by atoms with Gasteiger partial charge in [0.25, 0.3) is 0 Å². The van der Waals surface area contributed by atoms with E-state index in [0.717, 1.165) is 13.0 Å². The topological polar surface area (TPSA) is 23.8 Å². The van der Waals surface area contributed by atoms with Crippen molar-refractivity contribution < 1.29 is 4.48 Å². The van der Waals surface area contributed by atoms with Gasteiger partial charge in [-0.1, -0.05) is 0 Å². The Morgan fingerprint density at radius 1 is 1.08 bits per heavy atom. The van der Waals surface area contributed by atoms with E-state index in [1.807, 2.05) is 0 Å². The number of rotatable bonds is 6. The van der Waals surface area contributed by atoms with Crippen LogP contribution in [0.1, 0.15) is 33.6 Å². The van der Waals surface area contributed by atoms with Gasteiger partial charge in [0.15, 0.2) is 0 Å². The fourth-order valence-corrected chi connectivity index (χ4v) is 1.64. The zero-order valence-corrected chi connectivity index (χ0v) is 8.64. The van der Waals surface area contributed by atoms with E-state index in [1.54, 1.807) is 0 Å². The van der Waals surface area contributed by atoms with Crippen LogP contribution in [0.5, 0.6) is 0 Å². The lowest BCUT2D eigenvalue weighted by Crippen LogP contribution is -2.48. The molecule has 70 valence electrons. The highest BCUT2D eigenvalue weighted by atomic mass is 15.3. The normalized spacial score (nSPS) is 11.2. The largest absolute Gasteiger partial charge is 0.324 e. The Kier molecular flexibility index (Phi) is 5.74. The molecule has 0 aromatic heterocycles. The fourth-order valence-electron chi connectivity index (χ4n) is 1.64. The molecule has 2 heteroatoms. The third-order valence-electron chi connectivity index (χ3n) is 2.93. The molecule has 0 fully saturated rings. The number of hydrogen-bond donors (Lipinski definition) is 0. The van der Waals surface area contributed by atoms with Crippen molar-refractivity contribution in [3.63, 3.8) is 0 Å². The first-order valence-corrected chi connectivity index (χ1v) is 4.96. The van der Waals surface area contributed by atoms with Gasteiger partial charge in [0.2, 0.25) is 0 Å². The number of nitrogens with zero attached hydrogens (tertiary/aromatic N) is 2. The van der Waals surface area contributed by atoms with Gasteiger partial charge in [0.05, 0.1) is 32.2 Å². The first-order chi connectivity index (χ1) is 5.74. The van der Waals surface area contributed by atoms with E-state index in [-0.39, 0.29) is 0 Å². The molecule has 0 aliphatic rings. The summed E-state index contributed by atoms with van der Waals surface area (Å²) in [4.78, 5) is 0. The zero-order chi connectivity index (χ0) is 9.45. The van der Waals surface area contributed by atoms with Crippen LogP contribution in [-0.4, -0.2) is 30.7 Å². The number of nitriles is 1. The molecule has 0 aromatic rings. The predicted molar refractivity (Wildman–Crippen MR) is 51.6 cm³/mol. The van der Waals surface area contributed by atoms with E-state index in [0.29, 0.717) is 6.42 Å². The summed E-state index contributed by atoms with van der Waals surface area (Å²) >= 11 is 0. The second kappa shape index (κ2) is 6.02. The number of quaternary nitrogens is 1. The maximum atomic E-state index is 8.42. The van der Waals surface area contributed by atoms with E-state index < -0.39 is 0 Å². The smallest absolute Gasteiger partial charge is 0.0796 e. The quantitative estimate of drug-likeness (QED) is 0.441. The summed E-state index contributed by atoms with van der Waals surface area (Å²) in [6.07, 6.45) is 1.76. The maximum Gasteiger partial charge on any atom is 0.0796 e. The van der Waals surface area contributed by atoms with E-state index in [9.17, 15) is 0 Å². The summed E-state index contributed by atoms with van der Waals surface area (Å²) in [5.74, 6) is 0. The molecule has 0 unspecified atom stereocenters. The van der Waals surface area contributed by atoms with Crippen molar-refractivity contribution in [3.8, 4) is 6.07 Å². The minimum Gasteiger partial charge on any atom is -0.324 e. The summed E-state index contributed by atoms with van der Waals surface area (Å²) in [6.45, 7) is 11.4. The Bertz CT molecular complexity index is 134. The van der Waals surface area contributed by atoms with Gasteiger partial charge in [-0.15, -0.1) is 0 Å². The summed E-state index contributed by atoms with van der Waals surface area (Å²) in [5.41, 5.74) is 0. The maximum absolute atomic E-state index is 8.42. The fraction of sp³-hybridized carbons (Fsp3) is 0.900. The van der Waals surface area contributed by atoms with Crippen LogP contribution < -0.4 is 0 Å². The Morgan fingerprint density at radius 2 is 1.58 bits per heavy atom. The van der Waals surface area contributed by atoms with Crippen molar-refractivity contribution in [2.45, 2.75) is 33.6 Å². The lowest BCUT2D eigenvalue weighted by Gasteiger charge is -2.35. The second-order valence-corrected chi connectivity index (χ2v) is 3.28. The molecular weight excluding hydrogens is 148 g/mol. The molecule has 0 spiro atoms. The molecule has 0 saturated heterocycles. The third kappa shape index (κ3) is 3.23. The van der Waals surface area contributed by atoms with Gasteiger partial charge in [-0.2, -0.15) is 5.26 Å². The van der Waals surface area contributed by atoms with Gasteiger partial charge >= 0.3 is 0 Å². The lowest BCUT2D eigenvalue weighted by molar-refractivity contribution is -0.923. The Hall–Kier alpha value is -0.550. The van der Waals surface area contributed by atoms with Gasteiger partial charge in [-0.05, 0) is 20.8 Å². The summed E-state index contributed by atoms with van der Waals surface area (Å²) < 4.78 is 1.17. The van der Waals surface area contributed by atoms with Crippen LogP contribution in [-0.2, 0) is 0 Å². The van der Waals surface area contributed by atoms with Gasteiger partial charge < -0.3 is 4.48 Å². The highest BCUT2D eigenvalue weighted by molar-refractivity contribution is 4.67. The molecular formula is C10H21N2+. The van der Waals surface area contributed by atoms with E-state index >= 15 is 0 Å². The van der Waals surface area contributed by atoms with Gasteiger partial charge in [-0.3, -0.25) is 0 Å². The molecule has 2 nitrogen and oxygen atoms in total.